The number of hydrogen-bond acceptors (Lipinski definition) is 5. The molecular weight excluding hydrogens is 512 g/mol. The van der Waals surface area contributed by atoms with Gasteiger partial charge in [0.2, 0.25) is 0 Å². The van der Waals surface area contributed by atoms with Crippen molar-refractivity contribution in [1.82, 2.24) is 5.43 Å². The molecule has 0 aliphatic carbocycles. The normalized spacial score (nSPS) is 11.5. The molecular formula is C30H28N4O4S. The molecule has 0 radical (unpaired) electrons. The molecule has 8 nitrogen and oxygen atoms in total. The summed E-state index contributed by atoms with van der Waals surface area (Å²) >= 11 is 0. The van der Waals surface area contributed by atoms with Crippen molar-refractivity contribution in [3.8, 4) is 0 Å². The van der Waals surface area contributed by atoms with Crippen LogP contribution in [0.15, 0.2) is 119 Å². The van der Waals surface area contributed by atoms with E-state index >= 15 is 0 Å². The number of nitrogens with zero attached hydrogens (tertiary/aromatic N) is 2. The van der Waals surface area contributed by atoms with Crippen molar-refractivity contribution in [2.75, 3.05) is 16.2 Å². The average molecular weight is 541 g/mol. The topological polar surface area (TPSA) is 108 Å². The van der Waals surface area contributed by atoms with Gasteiger partial charge in [0.15, 0.2) is 0 Å². The van der Waals surface area contributed by atoms with Gasteiger partial charge >= 0.3 is 0 Å². The number of benzene rings is 4. The lowest BCUT2D eigenvalue weighted by molar-refractivity contribution is -0.119. The van der Waals surface area contributed by atoms with Gasteiger partial charge in [-0.05, 0) is 67.4 Å². The van der Waals surface area contributed by atoms with Gasteiger partial charge in [-0.25, -0.2) is 13.8 Å². The lowest BCUT2D eigenvalue weighted by atomic mass is 10.1. The molecule has 4 rings (SSSR count). The number of hydrazone groups is 1. The highest BCUT2D eigenvalue weighted by atomic mass is 32.2. The summed E-state index contributed by atoms with van der Waals surface area (Å²) in [6, 6.07) is 30.9. The van der Waals surface area contributed by atoms with Gasteiger partial charge in [0.1, 0.15) is 6.54 Å². The van der Waals surface area contributed by atoms with Gasteiger partial charge in [0.25, 0.3) is 21.8 Å². The highest BCUT2D eigenvalue weighted by Gasteiger charge is 2.28. The van der Waals surface area contributed by atoms with Crippen LogP contribution < -0.4 is 15.0 Å². The SMILES string of the molecule is C/C(=N/NC(=O)CN(c1ccccc1C)S(=O)(=O)c1ccccc1)c1ccc(NC(=O)c2ccccc2)cc1. The quantitative estimate of drug-likeness (QED) is 0.231. The van der Waals surface area contributed by atoms with Crippen molar-refractivity contribution in [1.29, 1.82) is 0 Å². The number of amides is 2. The summed E-state index contributed by atoms with van der Waals surface area (Å²) in [4.78, 5) is 25.3. The van der Waals surface area contributed by atoms with Crippen LogP contribution in [-0.2, 0) is 14.8 Å². The zero-order valence-electron chi connectivity index (χ0n) is 21.5. The predicted molar refractivity (Wildman–Crippen MR) is 153 cm³/mol. The van der Waals surface area contributed by atoms with Crippen LogP contribution in [0, 0.1) is 6.92 Å². The Morgan fingerprint density at radius 3 is 2.00 bits per heavy atom. The number of carbonyl (C=O) groups excluding carboxylic acids is 2. The third-order valence-corrected chi connectivity index (χ3v) is 7.72. The summed E-state index contributed by atoms with van der Waals surface area (Å²) in [5, 5.41) is 7.00. The Morgan fingerprint density at radius 2 is 1.36 bits per heavy atom. The molecule has 0 aliphatic rings. The van der Waals surface area contributed by atoms with Crippen LogP contribution >= 0.6 is 0 Å². The Kier molecular flexibility index (Phi) is 8.53. The van der Waals surface area contributed by atoms with Gasteiger partial charge in [-0.15, -0.1) is 0 Å². The number of anilines is 2. The Morgan fingerprint density at radius 1 is 0.769 bits per heavy atom. The van der Waals surface area contributed by atoms with E-state index in [1.807, 2.05) is 6.07 Å². The second-order valence-electron chi connectivity index (χ2n) is 8.74. The minimum atomic E-state index is -4.01. The molecule has 0 spiro atoms. The average Bonchev–Trinajstić information content (AvgIpc) is 2.96. The molecule has 0 atom stereocenters. The highest BCUT2D eigenvalue weighted by molar-refractivity contribution is 7.92. The summed E-state index contributed by atoms with van der Waals surface area (Å²) in [6.07, 6.45) is 0. The van der Waals surface area contributed by atoms with E-state index in [4.69, 9.17) is 0 Å². The van der Waals surface area contributed by atoms with Gasteiger partial charge in [0, 0.05) is 11.3 Å². The minimum absolute atomic E-state index is 0.0835. The van der Waals surface area contributed by atoms with E-state index in [-0.39, 0.29) is 10.8 Å². The fraction of sp³-hybridized carbons (Fsp3) is 0.100. The predicted octanol–water partition coefficient (Wildman–Crippen LogP) is 4.98. The van der Waals surface area contributed by atoms with Crippen LogP contribution in [0.25, 0.3) is 0 Å². The molecule has 39 heavy (non-hydrogen) atoms. The zero-order valence-corrected chi connectivity index (χ0v) is 22.4. The first-order valence-electron chi connectivity index (χ1n) is 12.2. The van der Waals surface area contributed by atoms with E-state index in [9.17, 15) is 18.0 Å². The van der Waals surface area contributed by atoms with E-state index < -0.39 is 22.5 Å². The summed E-state index contributed by atoms with van der Waals surface area (Å²) in [7, 11) is -4.01. The number of aryl methyl sites for hydroxylation is 1. The Bertz CT molecular complexity index is 1590. The van der Waals surface area contributed by atoms with Gasteiger partial charge < -0.3 is 5.32 Å². The molecule has 0 saturated heterocycles. The lowest BCUT2D eigenvalue weighted by Gasteiger charge is -2.25. The van der Waals surface area contributed by atoms with Crippen LogP contribution in [0.5, 0.6) is 0 Å². The van der Waals surface area contributed by atoms with E-state index in [0.717, 1.165) is 9.87 Å². The van der Waals surface area contributed by atoms with Gasteiger partial charge in [0.05, 0.1) is 16.3 Å². The van der Waals surface area contributed by atoms with Gasteiger partial charge in [-0.1, -0.05) is 66.7 Å². The summed E-state index contributed by atoms with van der Waals surface area (Å²) in [5.41, 5.74) is 5.99. The third kappa shape index (κ3) is 6.77. The zero-order chi connectivity index (χ0) is 27.8. The van der Waals surface area contributed by atoms with E-state index in [0.29, 0.717) is 28.2 Å². The van der Waals surface area contributed by atoms with Crippen LogP contribution in [0.4, 0.5) is 11.4 Å². The second kappa shape index (κ2) is 12.2. The number of rotatable bonds is 9. The molecule has 9 heteroatoms. The van der Waals surface area contributed by atoms with E-state index in [2.05, 4.69) is 15.8 Å². The highest BCUT2D eigenvalue weighted by Crippen LogP contribution is 2.26. The minimum Gasteiger partial charge on any atom is -0.322 e. The second-order valence-corrected chi connectivity index (χ2v) is 10.6. The Hall–Kier alpha value is -4.76. The van der Waals surface area contributed by atoms with Crippen LogP contribution in [0.2, 0.25) is 0 Å². The first kappa shape index (κ1) is 27.3. The molecule has 0 aromatic heterocycles. The number of carbonyl (C=O) groups is 2. The molecule has 4 aromatic rings. The summed E-state index contributed by atoms with van der Waals surface area (Å²) in [5.74, 6) is -0.812. The van der Waals surface area contributed by atoms with Crippen molar-refractivity contribution < 1.29 is 18.0 Å². The van der Waals surface area contributed by atoms with Crippen molar-refractivity contribution >= 4 is 38.9 Å². The maximum absolute atomic E-state index is 13.5. The molecule has 2 amide bonds. The maximum Gasteiger partial charge on any atom is 0.264 e. The lowest BCUT2D eigenvalue weighted by Crippen LogP contribution is -2.40. The van der Waals surface area contributed by atoms with Crippen LogP contribution in [-0.4, -0.2) is 32.5 Å². The van der Waals surface area contributed by atoms with Crippen molar-refractivity contribution in [3.05, 3.63) is 126 Å². The number of sulfonamides is 1. The number of para-hydroxylation sites is 1. The Balaban J connectivity index is 1.46. The first-order valence-corrected chi connectivity index (χ1v) is 13.6. The molecule has 0 aliphatic heterocycles. The molecule has 0 bridgehead atoms. The van der Waals surface area contributed by atoms with Crippen LogP contribution in [0.3, 0.4) is 0 Å². The molecule has 0 heterocycles. The number of nitrogens with one attached hydrogen (secondary N) is 2. The molecule has 198 valence electrons. The fourth-order valence-electron chi connectivity index (χ4n) is 3.83. The van der Waals surface area contributed by atoms with Crippen molar-refractivity contribution in [2.45, 2.75) is 18.7 Å². The fourth-order valence-corrected chi connectivity index (χ4v) is 5.33. The van der Waals surface area contributed by atoms with Crippen molar-refractivity contribution in [3.63, 3.8) is 0 Å². The monoisotopic (exact) mass is 540 g/mol. The van der Waals surface area contributed by atoms with Gasteiger partial charge in [-0.3, -0.25) is 13.9 Å². The summed E-state index contributed by atoms with van der Waals surface area (Å²) in [6.45, 7) is 3.05. The molecule has 2 N–H and O–H groups in total. The Labute approximate surface area is 228 Å². The number of hydrogen-bond donors (Lipinski definition) is 2. The smallest absolute Gasteiger partial charge is 0.264 e. The molecule has 0 saturated carbocycles. The first-order chi connectivity index (χ1) is 18.8. The largest absolute Gasteiger partial charge is 0.322 e. The standard InChI is InChI=1S/C30H28N4O4S/c1-22-11-9-10-16-28(22)34(39(37,38)27-14-7-4-8-15-27)21-29(35)33-32-23(2)24-17-19-26(20-18-24)31-30(36)25-12-5-3-6-13-25/h3-20H,21H2,1-2H3,(H,31,36)(H,33,35)/b32-23-. The third-order valence-electron chi connectivity index (χ3n) is 5.95. The van der Waals surface area contributed by atoms with E-state index in [1.54, 1.807) is 105 Å². The van der Waals surface area contributed by atoms with E-state index in [1.165, 1.54) is 12.1 Å². The summed E-state index contributed by atoms with van der Waals surface area (Å²) < 4.78 is 28.0. The van der Waals surface area contributed by atoms with Crippen LogP contribution in [0.1, 0.15) is 28.4 Å². The molecule has 0 unspecified atom stereocenters. The van der Waals surface area contributed by atoms with Crippen molar-refractivity contribution in [2.24, 2.45) is 5.10 Å². The molecule has 0 fully saturated rings. The maximum atomic E-state index is 13.5. The molecule has 4 aromatic carbocycles. The van der Waals surface area contributed by atoms with Gasteiger partial charge in [-0.2, -0.15) is 5.10 Å².